The van der Waals surface area contributed by atoms with E-state index >= 15 is 0 Å². The van der Waals surface area contributed by atoms with Crippen LogP contribution in [0.1, 0.15) is 0 Å². The highest BCUT2D eigenvalue weighted by Crippen LogP contribution is 1.71. The van der Waals surface area contributed by atoms with Crippen LogP contribution in [-0.2, 0) is 4.74 Å². The standard InChI is InChI=1S/C3H7N3O3/c4-2(6-8)1-9-3(5)7/h8H,1H2,(H2,4,6)(H2,5,7). The van der Waals surface area contributed by atoms with Gasteiger partial charge in [0.1, 0.15) is 0 Å². The van der Waals surface area contributed by atoms with Crippen LogP contribution in [-0.4, -0.2) is 23.7 Å². The highest BCUT2D eigenvalue weighted by molar-refractivity contribution is 5.81. The summed E-state index contributed by atoms with van der Waals surface area (Å²) in [5, 5.41) is 14.6. The molecule has 0 atom stereocenters. The Morgan fingerprint density at radius 3 is 2.78 bits per heavy atom. The molecule has 0 aromatic carbocycles. The van der Waals surface area contributed by atoms with Crippen LogP contribution in [0.4, 0.5) is 4.79 Å². The number of hydroxylamine groups is 1. The van der Waals surface area contributed by atoms with Crippen molar-refractivity contribution in [2.75, 3.05) is 6.61 Å². The summed E-state index contributed by atoms with van der Waals surface area (Å²) in [7, 11) is 0. The lowest BCUT2D eigenvalue weighted by Crippen LogP contribution is -2.26. The quantitative estimate of drug-likeness (QED) is 0.221. The Morgan fingerprint density at radius 1 is 1.89 bits per heavy atom. The highest BCUT2D eigenvalue weighted by Gasteiger charge is 1.95. The number of nitrogens with one attached hydrogen (secondary N) is 2. The second-order valence-electron chi connectivity index (χ2n) is 1.20. The average molecular weight is 133 g/mol. The van der Waals surface area contributed by atoms with Crippen molar-refractivity contribution in [3.8, 4) is 0 Å². The SMILES string of the molecule is N=C(COC(N)=O)NO. The van der Waals surface area contributed by atoms with Crippen LogP contribution in [0, 0.1) is 5.41 Å². The number of ether oxygens (including phenoxy) is 1. The molecule has 6 nitrogen and oxygen atoms in total. The number of amidine groups is 1. The van der Waals surface area contributed by atoms with Crippen molar-refractivity contribution in [1.82, 2.24) is 5.48 Å². The fourth-order valence-electron chi connectivity index (χ4n) is 0.176. The lowest BCUT2D eigenvalue weighted by molar-refractivity contribution is 0.165. The third-order valence-electron chi connectivity index (χ3n) is 0.494. The van der Waals surface area contributed by atoms with Gasteiger partial charge in [-0.2, -0.15) is 0 Å². The summed E-state index contributed by atoms with van der Waals surface area (Å²) in [4.78, 5) is 9.81. The fourth-order valence-corrected chi connectivity index (χ4v) is 0.176. The molecule has 0 bridgehead atoms. The molecule has 0 aromatic heterocycles. The Hall–Kier alpha value is -1.30. The fraction of sp³-hybridized carbons (Fsp3) is 0.333. The lowest BCUT2D eigenvalue weighted by Gasteiger charge is -1.99. The maximum atomic E-state index is 9.81. The van der Waals surface area contributed by atoms with Crippen LogP contribution in [0.3, 0.4) is 0 Å². The molecule has 5 N–H and O–H groups in total. The van der Waals surface area contributed by atoms with E-state index in [0.717, 1.165) is 0 Å². The van der Waals surface area contributed by atoms with Crippen molar-refractivity contribution in [2.45, 2.75) is 0 Å². The Bertz CT molecular complexity index is 123. The predicted molar refractivity (Wildman–Crippen MR) is 28.2 cm³/mol. The molecule has 0 radical (unpaired) electrons. The van der Waals surface area contributed by atoms with Gasteiger partial charge in [0.2, 0.25) is 0 Å². The Labute approximate surface area is 51.1 Å². The maximum Gasteiger partial charge on any atom is 0.404 e. The highest BCUT2D eigenvalue weighted by atomic mass is 16.5. The van der Waals surface area contributed by atoms with Crippen molar-refractivity contribution in [1.29, 1.82) is 5.41 Å². The second kappa shape index (κ2) is 3.67. The molecule has 0 unspecified atom stereocenters. The van der Waals surface area contributed by atoms with E-state index in [2.05, 4.69) is 10.5 Å². The average Bonchev–Trinajstić information content (AvgIpc) is 1.83. The van der Waals surface area contributed by atoms with Gasteiger partial charge in [-0.25, -0.2) is 4.79 Å². The number of carbonyl (C=O) groups is 1. The van der Waals surface area contributed by atoms with Gasteiger partial charge in [0.25, 0.3) is 0 Å². The van der Waals surface area contributed by atoms with E-state index in [-0.39, 0.29) is 12.4 Å². The minimum absolute atomic E-state index is 0.325. The number of carbonyl (C=O) groups excluding carboxylic acids is 1. The molecule has 0 fully saturated rings. The first-order chi connectivity index (χ1) is 4.16. The van der Waals surface area contributed by atoms with Gasteiger partial charge in [0.15, 0.2) is 12.4 Å². The zero-order valence-corrected chi connectivity index (χ0v) is 4.55. The maximum absolute atomic E-state index is 9.81. The summed E-state index contributed by atoms with van der Waals surface area (Å²) in [5.41, 5.74) is 6.00. The third-order valence-corrected chi connectivity index (χ3v) is 0.494. The Morgan fingerprint density at radius 2 is 2.44 bits per heavy atom. The summed E-state index contributed by atoms with van der Waals surface area (Å²) < 4.78 is 4.09. The molecule has 0 heterocycles. The zero-order chi connectivity index (χ0) is 7.28. The van der Waals surface area contributed by atoms with Crippen LogP contribution < -0.4 is 11.2 Å². The van der Waals surface area contributed by atoms with Crippen molar-refractivity contribution >= 4 is 11.9 Å². The molecule has 0 saturated carbocycles. The molecule has 52 valence electrons. The number of amides is 1. The van der Waals surface area contributed by atoms with Crippen LogP contribution in [0.25, 0.3) is 0 Å². The first-order valence-electron chi connectivity index (χ1n) is 2.06. The Balaban J connectivity index is 3.28. The molecule has 0 aromatic rings. The summed E-state index contributed by atoms with van der Waals surface area (Å²) >= 11 is 0. The van der Waals surface area contributed by atoms with Gasteiger partial charge in [-0.3, -0.25) is 16.1 Å². The number of hydrogen-bond acceptors (Lipinski definition) is 4. The first kappa shape index (κ1) is 7.70. The second-order valence-corrected chi connectivity index (χ2v) is 1.20. The molecule has 0 aliphatic rings. The molecule has 0 saturated heterocycles. The largest absolute Gasteiger partial charge is 0.442 e. The molecular formula is C3H7N3O3. The zero-order valence-electron chi connectivity index (χ0n) is 4.55. The van der Waals surface area contributed by atoms with Crippen molar-refractivity contribution in [3.05, 3.63) is 0 Å². The summed E-state index contributed by atoms with van der Waals surface area (Å²) in [5.74, 6) is -0.325. The number of rotatable bonds is 2. The van der Waals surface area contributed by atoms with E-state index in [9.17, 15) is 4.79 Å². The topological polar surface area (TPSA) is 108 Å². The number of hydrogen-bond donors (Lipinski definition) is 4. The van der Waals surface area contributed by atoms with Gasteiger partial charge < -0.3 is 10.5 Å². The van der Waals surface area contributed by atoms with Crippen LogP contribution in [0.5, 0.6) is 0 Å². The normalized spacial score (nSPS) is 8.11. The minimum atomic E-state index is -0.977. The minimum Gasteiger partial charge on any atom is -0.442 e. The number of primary amides is 1. The number of nitrogens with two attached hydrogens (primary N) is 1. The predicted octanol–water partition coefficient (Wildman–Crippen LogP) is -0.962. The molecule has 6 heteroatoms. The van der Waals surface area contributed by atoms with Crippen molar-refractivity contribution in [3.63, 3.8) is 0 Å². The molecule has 0 spiro atoms. The molecule has 0 aliphatic heterocycles. The third kappa shape index (κ3) is 4.56. The van der Waals surface area contributed by atoms with Crippen LogP contribution in [0.2, 0.25) is 0 Å². The summed E-state index contributed by atoms with van der Waals surface area (Å²) in [6.07, 6.45) is -0.977. The van der Waals surface area contributed by atoms with Gasteiger partial charge in [-0.15, -0.1) is 0 Å². The van der Waals surface area contributed by atoms with Gasteiger partial charge >= 0.3 is 6.09 Å². The van der Waals surface area contributed by atoms with Crippen LogP contribution in [0.15, 0.2) is 0 Å². The van der Waals surface area contributed by atoms with Crippen LogP contribution >= 0.6 is 0 Å². The van der Waals surface area contributed by atoms with Gasteiger partial charge in [-0.1, -0.05) is 0 Å². The van der Waals surface area contributed by atoms with Crippen molar-refractivity contribution in [2.24, 2.45) is 5.73 Å². The molecule has 1 amide bonds. The van der Waals surface area contributed by atoms with E-state index < -0.39 is 6.09 Å². The van der Waals surface area contributed by atoms with E-state index in [1.165, 1.54) is 5.48 Å². The first-order valence-corrected chi connectivity index (χ1v) is 2.06. The van der Waals surface area contributed by atoms with E-state index in [0.29, 0.717) is 0 Å². The van der Waals surface area contributed by atoms with Crippen molar-refractivity contribution < 1.29 is 14.7 Å². The summed E-state index contributed by atoms with van der Waals surface area (Å²) in [6.45, 7) is -0.341. The molecular weight excluding hydrogens is 126 g/mol. The summed E-state index contributed by atoms with van der Waals surface area (Å²) in [6, 6.07) is 0. The van der Waals surface area contributed by atoms with Gasteiger partial charge in [-0.05, 0) is 0 Å². The lowest BCUT2D eigenvalue weighted by atomic mass is 10.7. The molecule has 0 rings (SSSR count). The van der Waals surface area contributed by atoms with E-state index in [1.807, 2.05) is 0 Å². The smallest absolute Gasteiger partial charge is 0.404 e. The molecule has 0 aliphatic carbocycles. The monoisotopic (exact) mass is 133 g/mol. The molecule has 9 heavy (non-hydrogen) atoms. The van der Waals surface area contributed by atoms with E-state index in [4.69, 9.17) is 10.6 Å². The van der Waals surface area contributed by atoms with Gasteiger partial charge in [0.05, 0.1) is 0 Å². The Kier molecular flexibility index (Phi) is 3.14. The van der Waals surface area contributed by atoms with E-state index in [1.54, 1.807) is 0 Å². The van der Waals surface area contributed by atoms with Gasteiger partial charge in [0, 0.05) is 0 Å².